The lowest BCUT2D eigenvalue weighted by molar-refractivity contribution is 0.400. The molecule has 0 radical (unpaired) electrons. The summed E-state index contributed by atoms with van der Waals surface area (Å²) in [6.45, 7) is 2.00. The Balaban J connectivity index is 2.08. The minimum Gasteiger partial charge on any atom is -0.347 e. The van der Waals surface area contributed by atoms with Crippen LogP contribution in [-0.4, -0.2) is 23.3 Å². The molecule has 1 saturated carbocycles. The van der Waals surface area contributed by atoms with Gasteiger partial charge in [-0.1, -0.05) is 11.3 Å². The van der Waals surface area contributed by atoms with E-state index in [-0.39, 0.29) is 0 Å². The molecule has 0 amide bonds. The Kier molecular flexibility index (Phi) is 2.00. The maximum absolute atomic E-state index is 4.11. The summed E-state index contributed by atoms with van der Waals surface area (Å²) in [6.07, 6.45) is 4.00. The van der Waals surface area contributed by atoms with Crippen LogP contribution in [0.4, 0.5) is 5.13 Å². The molecule has 0 unspecified atom stereocenters. The van der Waals surface area contributed by atoms with Gasteiger partial charge in [0.2, 0.25) is 5.13 Å². The van der Waals surface area contributed by atoms with Crippen molar-refractivity contribution in [1.82, 2.24) is 10.2 Å². The van der Waals surface area contributed by atoms with Gasteiger partial charge < -0.3 is 4.90 Å². The lowest BCUT2D eigenvalue weighted by atomic mass is 9.92. The molecule has 12 heavy (non-hydrogen) atoms. The van der Waals surface area contributed by atoms with Gasteiger partial charge >= 0.3 is 0 Å². The van der Waals surface area contributed by atoms with E-state index < -0.39 is 0 Å². The summed E-state index contributed by atoms with van der Waals surface area (Å²) in [6, 6.07) is 0.720. The third-order valence-corrected chi connectivity index (χ3v) is 3.37. The predicted molar refractivity (Wildman–Crippen MR) is 50.7 cm³/mol. The molecule has 66 valence electrons. The fourth-order valence-corrected chi connectivity index (χ4v) is 2.08. The van der Waals surface area contributed by atoms with E-state index in [4.69, 9.17) is 0 Å². The van der Waals surface area contributed by atoms with E-state index in [1.54, 1.807) is 11.3 Å². The molecule has 0 spiro atoms. The first-order valence-corrected chi connectivity index (χ1v) is 5.12. The summed E-state index contributed by atoms with van der Waals surface area (Å²) in [7, 11) is 2.11. The smallest absolute Gasteiger partial charge is 0.208 e. The SMILES string of the molecule is Cc1nnc(N(C)C2CCC2)s1. The van der Waals surface area contributed by atoms with Crippen LogP contribution < -0.4 is 4.90 Å². The van der Waals surface area contributed by atoms with Gasteiger partial charge in [-0.3, -0.25) is 0 Å². The van der Waals surface area contributed by atoms with Gasteiger partial charge in [0, 0.05) is 13.1 Å². The molecule has 1 heterocycles. The minimum atomic E-state index is 0.720. The molecule has 0 bridgehead atoms. The number of aryl methyl sites for hydroxylation is 1. The van der Waals surface area contributed by atoms with Crippen LogP contribution in [0.1, 0.15) is 24.3 Å². The minimum absolute atomic E-state index is 0.720. The van der Waals surface area contributed by atoms with Crippen LogP contribution in [0, 0.1) is 6.92 Å². The molecule has 0 aliphatic heterocycles. The van der Waals surface area contributed by atoms with E-state index in [1.165, 1.54) is 19.3 Å². The summed E-state index contributed by atoms with van der Waals surface area (Å²) in [4.78, 5) is 2.26. The Morgan fingerprint density at radius 1 is 1.42 bits per heavy atom. The zero-order valence-electron chi connectivity index (χ0n) is 7.45. The highest BCUT2D eigenvalue weighted by Crippen LogP contribution is 2.29. The summed E-state index contributed by atoms with van der Waals surface area (Å²) >= 11 is 1.68. The maximum Gasteiger partial charge on any atom is 0.208 e. The van der Waals surface area contributed by atoms with E-state index in [1.807, 2.05) is 6.92 Å². The molecule has 0 atom stereocenters. The zero-order chi connectivity index (χ0) is 8.55. The number of aromatic nitrogens is 2. The van der Waals surface area contributed by atoms with Crippen molar-refractivity contribution in [2.45, 2.75) is 32.2 Å². The second-order valence-electron chi connectivity index (χ2n) is 3.30. The Bertz CT molecular complexity index is 267. The van der Waals surface area contributed by atoms with Gasteiger partial charge in [-0.15, -0.1) is 10.2 Å². The third-order valence-electron chi connectivity index (χ3n) is 2.44. The molecule has 0 aromatic carbocycles. The van der Waals surface area contributed by atoms with Gasteiger partial charge in [0.15, 0.2) is 0 Å². The van der Waals surface area contributed by atoms with Crippen molar-refractivity contribution in [3.8, 4) is 0 Å². The molecule has 1 aromatic heterocycles. The van der Waals surface area contributed by atoms with Crippen molar-refractivity contribution >= 4 is 16.5 Å². The standard InChI is InChI=1S/C8H13N3S/c1-6-9-10-8(12-6)11(2)7-4-3-5-7/h7H,3-5H2,1-2H3. The summed E-state index contributed by atoms with van der Waals surface area (Å²) < 4.78 is 0. The first kappa shape index (κ1) is 7.98. The normalized spacial score (nSPS) is 17.5. The highest BCUT2D eigenvalue weighted by molar-refractivity contribution is 7.15. The Morgan fingerprint density at radius 3 is 2.58 bits per heavy atom. The number of anilines is 1. The average Bonchev–Trinajstić information content (AvgIpc) is 2.31. The van der Waals surface area contributed by atoms with E-state index in [0.717, 1.165) is 16.2 Å². The summed E-state index contributed by atoms with van der Waals surface area (Å²) in [5.74, 6) is 0. The van der Waals surface area contributed by atoms with Crippen LogP contribution in [0.25, 0.3) is 0 Å². The Morgan fingerprint density at radius 2 is 2.17 bits per heavy atom. The third kappa shape index (κ3) is 1.31. The first-order chi connectivity index (χ1) is 5.77. The van der Waals surface area contributed by atoms with Gasteiger partial charge in [-0.25, -0.2) is 0 Å². The Hall–Kier alpha value is -0.640. The highest BCUT2D eigenvalue weighted by Gasteiger charge is 2.23. The quantitative estimate of drug-likeness (QED) is 0.700. The van der Waals surface area contributed by atoms with Crippen LogP contribution in [-0.2, 0) is 0 Å². The van der Waals surface area contributed by atoms with E-state index in [9.17, 15) is 0 Å². The molecular weight excluding hydrogens is 170 g/mol. The van der Waals surface area contributed by atoms with Crippen LogP contribution >= 0.6 is 11.3 Å². The van der Waals surface area contributed by atoms with Crippen molar-refractivity contribution < 1.29 is 0 Å². The summed E-state index contributed by atoms with van der Waals surface area (Å²) in [5, 5.41) is 10.2. The molecule has 4 heteroatoms. The lowest BCUT2D eigenvalue weighted by Crippen LogP contribution is -2.36. The van der Waals surface area contributed by atoms with Crippen LogP contribution in [0.2, 0.25) is 0 Å². The fourth-order valence-electron chi connectivity index (χ4n) is 1.36. The van der Waals surface area contributed by atoms with Gasteiger partial charge in [0.1, 0.15) is 5.01 Å². The number of rotatable bonds is 2. The molecule has 0 saturated heterocycles. The van der Waals surface area contributed by atoms with Crippen LogP contribution in [0.3, 0.4) is 0 Å². The highest BCUT2D eigenvalue weighted by atomic mass is 32.1. The second-order valence-corrected chi connectivity index (χ2v) is 4.46. The number of nitrogens with zero attached hydrogens (tertiary/aromatic N) is 3. The molecule has 0 N–H and O–H groups in total. The van der Waals surface area contributed by atoms with Crippen molar-refractivity contribution in [1.29, 1.82) is 0 Å². The molecule has 1 aliphatic carbocycles. The molecule has 3 nitrogen and oxygen atoms in total. The van der Waals surface area contributed by atoms with Crippen molar-refractivity contribution in [2.24, 2.45) is 0 Å². The van der Waals surface area contributed by atoms with E-state index in [2.05, 4.69) is 22.1 Å². The predicted octanol–water partition coefficient (Wildman–Crippen LogP) is 1.84. The first-order valence-electron chi connectivity index (χ1n) is 4.30. The number of hydrogen-bond donors (Lipinski definition) is 0. The fraction of sp³-hybridized carbons (Fsp3) is 0.750. The molecule has 1 aliphatic rings. The zero-order valence-corrected chi connectivity index (χ0v) is 8.27. The lowest BCUT2D eigenvalue weighted by Gasteiger charge is -2.34. The van der Waals surface area contributed by atoms with Crippen molar-refractivity contribution in [3.63, 3.8) is 0 Å². The van der Waals surface area contributed by atoms with Crippen LogP contribution in [0.15, 0.2) is 0 Å². The van der Waals surface area contributed by atoms with Gasteiger partial charge in [-0.05, 0) is 26.2 Å². The Labute approximate surface area is 76.4 Å². The van der Waals surface area contributed by atoms with Crippen molar-refractivity contribution in [3.05, 3.63) is 5.01 Å². The largest absolute Gasteiger partial charge is 0.347 e. The second kappa shape index (κ2) is 3.01. The molecular formula is C8H13N3S. The van der Waals surface area contributed by atoms with E-state index >= 15 is 0 Å². The van der Waals surface area contributed by atoms with Crippen molar-refractivity contribution in [2.75, 3.05) is 11.9 Å². The molecule has 1 aromatic rings. The monoisotopic (exact) mass is 183 g/mol. The molecule has 1 fully saturated rings. The van der Waals surface area contributed by atoms with Gasteiger partial charge in [0.05, 0.1) is 0 Å². The maximum atomic E-state index is 4.11. The summed E-state index contributed by atoms with van der Waals surface area (Å²) in [5.41, 5.74) is 0. The van der Waals surface area contributed by atoms with Crippen LogP contribution in [0.5, 0.6) is 0 Å². The van der Waals surface area contributed by atoms with E-state index in [0.29, 0.717) is 0 Å². The van der Waals surface area contributed by atoms with Gasteiger partial charge in [-0.2, -0.15) is 0 Å². The van der Waals surface area contributed by atoms with Gasteiger partial charge in [0.25, 0.3) is 0 Å². The number of hydrogen-bond acceptors (Lipinski definition) is 4. The average molecular weight is 183 g/mol. The topological polar surface area (TPSA) is 29.0 Å². The molecule has 2 rings (SSSR count).